The zero-order valence-corrected chi connectivity index (χ0v) is 13.4. The summed E-state index contributed by atoms with van der Waals surface area (Å²) in [4.78, 5) is 17.8. The maximum atomic E-state index is 13.6. The number of aryl methyl sites for hydroxylation is 1. The molecule has 0 unspecified atom stereocenters. The molecule has 2 rings (SSSR count). The molecule has 0 N–H and O–H groups in total. The van der Waals surface area contributed by atoms with E-state index in [1.807, 2.05) is 6.92 Å². The number of anilines is 2. The average Bonchev–Trinajstić information content (AvgIpc) is 2.41. The lowest BCUT2D eigenvalue weighted by atomic mass is 10.2. The fourth-order valence-corrected chi connectivity index (χ4v) is 1.91. The molecule has 0 radical (unpaired) electrons. The van der Waals surface area contributed by atoms with Crippen molar-refractivity contribution in [3.05, 3.63) is 53.7 Å². The Kier molecular flexibility index (Phi) is 4.63. The van der Waals surface area contributed by atoms with E-state index in [-0.39, 0.29) is 11.5 Å². The summed E-state index contributed by atoms with van der Waals surface area (Å²) >= 11 is 0. The summed E-state index contributed by atoms with van der Waals surface area (Å²) < 4.78 is 32.1. The Morgan fingerprint density at radius 3 is 2.39 bits per heavy atom. The van der Waals surface area contributed by atoms with Crippen LogP contribution in [0.1, 0.15) is 26.3 Å². The minimum absolute atomic E-state index is 0.135. The summed E-state index contributed by atoms with van der Waals surface area (Å²) in [7, 11) is 0. The van der Waals surface area contributed by atoms with Crippen molar-refractivity contribution in [2.24, 2.45) is 0 Å². The lowest BCUT2D eigenvalue weighted by Gasteiger charge is -2.27. The van der Waals surface area contributed by atoms with E-state index < -0.39 is 23.3 Å². The number of carbonyl (C=O) groups is 1. The maximum Gasteiger partial charge on any atom is 0.420 e. The molecule has 4 nitrogen and oxygen atoms in total. The van der Waals surface area contributed by atoms with E-state index in [4.69, 9.17) is 4.74 Å². The molecule has 0 aliphatic heterocycles. The molecule has 0 bridgehead atoms. The topological polar surface area (TPSA) is 42.4 Å². The third-order valence-electron chi connectivity index (χ3n) is 2.87. The van der Waals surface area contributed by atoms with Crippen LogP contribution in [0.25, 0.3) is 0 Å². The summed E-state index contributed by atoms with van der Waals surface area (Å²) in [6.45, 7) is 7.00. The van der Waals surface area contributed by atoms with Crippen LogP contribution in [0.5, 0.6) is 0 Å². The van der Waals surface area contributed by atoms with Crippen molar-refractivity contribution in [2.75, 3.05) is 4.90 Å². The molecule has 0 spiro atoms. The molecule has 1 heterocycles. The van der Waals surface area contributed by atoms with E-state index in [9.17, 15) is 13.6 Å². The van der Waals surface area contributed by atoms with Gasteiger partial charge in [-0.3, -0.25) is 0 Å². The van der Waals surface area contributed by atoms with Gasteiger partial charge in [-0.1, -0.05) is 0 Å². The molecule has 0 atom stereocenters. The van der Waals surface area contributed by atoms with Crippen LogP contribution >= 0.6 is 0 Å². The molecule has 1 amide bonds. The first-order valence-electron chi connectivity index (χ1n) is 7.08. The zero-order chi connectivity index (χ0) is 17.2. The Balaban J connectivity index is 2.50. The number of ether oxygens (including phenoxy) is 1. The largest absolute Gasteiger partial charge is 0.443 e. The average molecular weight is 320 g/mol. The summed E-state index contributed by atoms with van der Waals surface area (Å²) in [6, 6.07) is 6.61. The van der Waals surface area contributed by atoms with E-state index in [1.54, 1.807) is 32.9 Å². The summed E-state index contributed by atoms with van der Waals surface area (Å²) in [5, 5.41) is 0. The van der Waals surface area contributed by atoms with Gasteiger partial charge in [0.05, 0.1) is 5.69 Å². The van der Waals surface area contributed by atoms with Crippen LogP contribution in [0.2, 0.25) is 0 Å². The molecular weight excluding hydrogens is 302 g/mol. The summed E-state index contributed by atoms with van der Waals surface area (Å²) in [5.41, 5.74) is 0.264. The van der Waals surface area contributed by atoms with E-state index in [0.717, 1.165) is 22.6 Å². The Hall–Kier alpha value is -2.50. The lowest BCUT2D eigenvalue weighted by Crippen LogP contribution is -2.34. The smallest absolute Gasteiger partial charge is 0.420 e. The first-order valence-corrected chi connectivity index (χ1v) is 7.08. The van der Waals surface area contributed by atoms with Gasteiger partial charge in [-0.25, -0.2) is 23.5 Å². The van der Waals surface area contributed by atoms with Crippen molar-refractivity contribution in [1.82, 2.24) is 4.98 Å². The molecule has 122 valence electrons. The van der Waals surface area contributed by atoms with Gasteiger partial charge in [0, 0.05) is 12.3 Å². The highest BCUT2D eigenvalue weighted by Crippen LogP contribution is 2.28. The van der Waals surface area contributed by atoms with E-state index >= 15 is 0 Å². The highest BCUT2D eigenvalue weighted by molar-refractivity contribution is 5.95. The van der Waals surface area contributed by atoms with Gasteiger partial charge >= 0.3 is 6.09 Å². The van der Waals surface area contributed by atoms with Crippen molar-refractivity contribution in [3.8, 4) is 0 Å². The second-order valence-corrected chi connectivity index (χ2v) is 6.11. The molecule has 0 aliphatic rings. The third-order valence-corrected chi connectivity index (χ3v) is 2.87. The fraction of sp³-hybridized carbons (Fsp3) is 0.294. The van der Waals surface area contributed by atoms with Gasteiger partial charge in [0.2, 0.25) is 0 Å². The Labute approximate surface area is 133 Å². The van der Waals surface area contributed by atoms with Gasteiger partial charge in [-0.15, -0.1) is 0 Å². The number of aromatic nitrogens is 1. The molecule has 23 heavy (non-hydrogen) atoms. The molecule has 0 saturated heterocycles. The van der Waals surface area contributed by atoms with Crippen LogP contribution in [-0.4, -0.2) is 16.7 Å². The Morgan fingerprint density at radius 1 is 1.13 bits per heavy atom. The summed E-state index contributed by atoms with van der Waals surface area (Å²) in [6.07, 6.45) is 0.809. The Bertz CT molecular complexity index is 727. The summed E-state index contributed by atoms with van der Waals surface area (Å²) in [5.74, 6) is -1.77. The predicted molar refractivity (Wildman–Crippen MR) is 83.7 cm³/mol. The molecule has 1 aromatic heterocycles. The van der Waals surface area contributed by atoms with Gasteiger partial charge in [0.1, 0.15) is 11.4 Å². The standard InChI is InChI=1S/C17H18F2N2O2/c1-11-7-8-20-15(9-11)21(16(22)23-17(2,3)4)12-5-6-13(18)14(19)10-12/h5-10H,1-4H3. The number of nitrogens with zero attached hydrogens (tertiary/aromatic N) is 2. The first kappa shape index (κ1) is 16.9. The normalized spacial score (nSPS) is 11.2. The number of pyridine rings is 1. The van der Waals surface area contributed by atoms with Gasteiger partial charge in [-0.05, 0) is 57.5 Å². The van der Waals surface area contributed by atoms with Crippen LogP contribution in [-0.2, 0) is 4.74 Å². The molecule has 0 aliphatic carbocycles. The SMILES string of the molecule is Cc1ccnc(N(C(=O)OC(C)(C)C)c2ccc(F)c(F)c2)c1. The molecular formula is C17H18F2N2O2. The number of carbonyl (C=O) groups excluding carboxylic acids is 1. The van der Waals surface area contributed by atoms with Gasteiger partial charge < -0.3 is 4.74 Å². The number of halogens is 2. The van der Waals surface area contributed by atoms with E-state index in [1.165, 1.54) is 12.3 Å². The molecule has 0 saturated carbocycles. The first-order chi connectivity index (χ1) is 10.7. The lowest BCUT2D eigenvalue weighted by molar-refractivity contribution is 0.0598. The highest BCUT2D eigenvalue weighted by Gasteiger charge is 2.26. The highest BCUT2D eigenvalue weighted by atomic mass is 19.2. The minimum atomic E-state index is -1.05. The number of hydrogen-bond acceptors (Lipinski definition) is 3. The van der Waals surface area contributed by atoms with Crippen molar-refractivity contribution < 1.29 is 18.3 Å². The molecule has 0 fully saturated rings. The van der Waals surface area contributed by atoms with E-state index in [0.29, 0.717) is 0 Å². The minimum Gasteiger partial charge on any atom is -0.443 e. The number of benzene rings is 1. The Morgan fingerprint density at radius 2 is 1.83 bits per heavy atom. The van der Waals surface area contributed by atoms with Crippen LogP contribution in [0.3, 0.4) is 0 Å². The van der Waals surface area contributed by atoms with Gasteiger partial charge in [-0.2, -0.15) is 0 Å². The fourth-order valence-electron chi connectivity index (χ4n) is 1.91. The predicted octanol–water partition coefficient (Wildman–Crippen LogP) is 4.74. The van der Waals surface area contributed by atoms with Crippen molar-refractivity contribution in [2.45, 2.75) is 33.3 Å². The third kappa shape index (κ3) is 4.25. The van der Waals surface area contributed by atoms with Crippen LogP contribution in [0.15, 0.2) is 36.5 Å². The molecule has 2 aromatic rings. The van der Waals surface area contributed by atoms with Crippen LogP contribution in [0, 0.1) is 18.6 Å². The van der Waals surface area contributed by atoms with E-state index in [2.05, 4.69) is 4.98 Å². The number of amides is 1. The molecule has 6 heteroatoms. The van der Waals surface area contributed by atoms with Crippen molar-refractivity contribution in [1.29, 1.82) is 0 Å². The zero-order valence-electron chi connectivity index (χ0n) is 13.4. The van der Waals surface area contributed by atoms with Crippen LogP contribution < -0.4 is 4.90 Å². The number of hydrogen-bond donors (Lipinski definition) is 0. The van der Waals surface area contributed by atoms with Gasteiger partial charge in [0.15, 0.2) is 11.6 Å². The molecule has 1 aromatic carbocycles. The quantitative estimate of drug-likeness (QED) is 0.802. The second kappa shape index (κ2) is 6.32. The number of rotatable bonds is 2. The maximum absolute atomic E-state index is 13.6. The van der Waals surface area contributed by atoms with Gasteiger partial charge in [0.25, 0.3) is 0 Å². The van der Waals surface area contributed by atoms with Crippen molar-refractivity contribution >= 4 is 17.6 Å². The van der Waals surface area contributed by atoms with Crippen molar-refractivity contribution in [3.63, 3.8) is 0 Å². The monoisotopic (exact) mass is 320 g/mol. The second-order valence-electron chi connectivity index (χ2n) is 6.11. The van der Waals surface area contributed by atoms with Crippen LogP contribution in [0.4, 0.5) is 25.1 Å².